The Morgan fingerprint density at radius 3 is 2.79 bits per heavy atom. The van der Waals surface area contributed by atoms with E-state index in [4.69, 9.17) is 21.9 Å². The van der Waals surface area contributed by atoms with Crippen molar-refractivity contribution >= 4 is 28.7 Å². The number of anilines is 1. The van der Waals surface area contributed by atoms with Gasteiger partial charge in [-0.1, -0.05) is 38.5 Å². The Labute approximate surface area is 175 Å². The largest absolute Gasteiger partial charge is 0.497 e. The lowest BCUT2D eigenvalue weighted by Gasteiger charge is -2.19. The number of ether oxygens (including phenoxy) is 1. The van der Waals surface area contributed by atoms with Crippen molar-refractivity contribution in [2.75, 3.05) is 25.9 Å². The number of imidazole rings is 1. The first-order valence-corrected chi connectivity index (χ1v) is 10.1. The number of aromatic nitrogens is 4. The molecular formula is C21H26N6OS. The van der Waals surface area contributed by atoms with E-state index in [0.717, 1.165) is 34.5 Å². The number of nitrogens with one attached hydrogen (secondary N) is 1. The van der Waals surface area contributed by atoms with Crippen LogP contribution in [-0.2, 0) is 6.54 Å². The Balaban J connectivity index is 1.95. The Bertz CT molecular complexity index is 1050. The van der Waals surface area contributed by atoms with Crippen molar-refractivity contribution in [3.8, 4) is 18.1 Å². The number of benzene rings is 1. The second-order valence-corrected chi connectivity index (χ2v) is 8.83. The molecule has 0 aliphatic heterocycles. The molecule has 0 saturated carbocycles. The first-order chi connectivity index (χ1) is 13.8. The van der Waals surface area contributed by atoms with Crippen molar-refractivity contribution in [3.05, 3.63) is 30.1 Å². The molecule has 152 valence electrons. The summed E-state index contributed by atoms with van der Waals surface area (Å²) in [5, 5.41) is 4.25. The molecular weight excluding hydrogens is 384 g/mol. The molecule has 0 atom stereocenters. The molecule has 2 heterocycles. The lowest BCUT2D eigenvalue weighted by molar-refractivity contribution is 0.375. The maximum absolute atomic E-state index is 6.04. The van der Waals surface area contributed by atoms with E-state index < -0.39 is 0 Å². The van der Waals surface area contributed by atoms with Gasteiger partial charge >= 0.3 is 0 Å². The van der Waals surface area contributed by atoms with Crippen LogP contribution in [0.25, 0.3) is 11.2 Å². The molecule has 0 aliphatic rings. The van der Waals surface area contributed by atoms with Crippen molar-refractivity contribution in [2.24, 2.45) is 5.41 Å². The molecule has 3 aromatic rings. The van der Waals surface area contributed by atoms with E-state index in [1.54, 1.807) is 7.11 Å². The third-order valence-corrected chi connectivity index (χ3v) is 5.29. The van der Waals surface area contributed by atoms with Crippen LogP contribution in [0.3, 0.4) is 0 Å². The summed E-state index contributed by atoms with van der Waals surface area (Å²) >= 11 is 1.47. The third-order valence-electron chi connectivity index (χ3n) is 4.24. The number of hydrogen-bond donors (Lipinski definition) is 2. The summed E-state index contributed by atoms with van der Waals surface area (Å²) in [6, 6.07) is 5.63. The summed E-state index contributed by atoms with van der Waals surface area (Å²) in [6.07, 6.45) is 7.15. The molecule has 0 amide bonds. The zero-order chi connectivity index (χ0) is 21.0. The van der Waals surface area contributed by atoms with Gasteiger partial charge in [0.2, 0.25) is 0 Å². The Kier molecular flexibility index (Phi) is 6.30. The zero-order valence-electron chi connectivity index (χ0n) is 17.2. The standard InChI is InChI=1S/C21H26N6OS/c1-6-14-7-8-15(28-5)11-16(14)29-20-26-17-18(22)24-13-25-19(17)27(20)10-9-23-12-21(2,3)4/h1,7-8,11,13,23H,9-10,12H2,2-5H3,(H2,22,24,25). The van der Waals surface area contributed by atoms with Gasteiger partial charge in [-0.2, -0.15) is 0 Å². The number of nitrogen functional groups attached to an aromatic ring is 1. The van der Waals surface area contributed by atoms with Crippen molar-refractivity contribution in [1.82, 2.24) is 24.8 Å². The number of terminal acetylenes is 1. The lowest BCUT2D eigenvalue weighted by atomic mass is 9.97. The first-order valence-electron chi connectivity index (χ1n) is 9.32. The monoisotopic (exact) mass is 410 g/mol. The van der Waals surface area contributed by atoms with Crippen molar-refractivity contribution in [1.29, 1.82) is 0 Å². The molecule has 1 aromatic carbocycles. The highest BCUT2D eigenvalue weighted by Gasteiger charge is 2.17. The van der Waals surface area contributed by atoms with Crippen LogP contribution in [0.2, 0.25) is 0 Å². The van der Waals surface area contributed by atoms with Crippen LogP contribution in [0.5, 0.6) is 5.75 Å². The van der Waals surface area contributed by atoms with Crippen LogP contribution in [0.15, 0.2) is 34.6 Å². The van der Waals surface area contributed by atoms with Crippen LogP contribution in [0.4, 0.5) is 5.82 Å². The predicted molar refractivity (Wildman–Crippen MR) is 117 cm³/mol. The molecule has 0 bridgehead atoms. The normalized spacial score (nSPS) is 11.6. The van der Waals surface area contributed by atoms with Crippen molar-refractivity contribution < 1.29 is 4.74 Å². The Morgan fingerprint density at radius 1 is 1.31 bits per heavy atom. The maximum Gasteiger partial charge on any atom is 0.175 e. The van der Waals surface area contributed by atoms with E-state index in [9.17, 15) is 0 Å². The molecule has 0 saturated heterocycles. The van der Waals surface area contributed by atoms with E-state index in [0.29, 0.717) is 23.5 Å². The summed E-state index contributed by atoms with van der Waals surface area (Å²) in [6.45, 7) is 8.99. The predicted octanol–water partition coefficient (Wildman–Crippen LogP) is 3.19. The van der Waals surface area contributed by atoms with Crippen molar-refractivity contribution in [2.45, 2.75) is 37.4 Å². The minimum Gasteiger partial charge on any atom is -0.497 e. The van der Waals surface area contributed by atoms with Crippen LogP contribution in [0, 0.1) is 17.8 Å². The molecule has 7 nitrogen and oxygen atoms in total. The number of rotatable bonds is 7. The fourth-order valence-electron chi connectivity index (χ4n) is 2.80. The second-order valence-electron chi connectivity index (χ2n) is 7.82. The topological polar surface area (TPSA) is 90.9 Å². The smallest absolute Gasteiger partial charge is 0.175 e. The number of nitrogens with zero attached hydrogens (tertiary/aromatic N) is 4. The molecule has 0 spiro atoms. The number of hydrogen-bond acceptors (Lipinski definition) is 7. The van der Waals surface area contributed by atoms with Gasteiger partial charge in [-0.3, -0.25) is 0 Å². The van der Waals surface area contributed by atoms with E-state index >= 15 is 0 Å². The van der Waals surface area contributed by atoms with Gasteiger partial charge < -0.3 is 20.4 Å². The second kappa shape index (κ2) is 8.72. The minimum atomic E-state index is 0.212. The van der Waals surface area contributed by atoms with Gasteiger partial charge in [0.05, 0.1) is 7.11 Å². The SMILES string of the molecule is C#Cc1ccc(OC)cc1Sc1nc2c(N)ncnc2n1CCNCC(C)(C)C. The third kappa shape index (κ3) is 5.00. The van der Waals surface area contributed by atoms with Crippen LogP contribution in [0.1, 0.15) is 26.3 Å². The van der Waals surface area contributed by atoms with Gasteiger partial charge in [-0.05, 0) is 23.6 Å². The average Bonchev–Trinajstić information content (AvgIpc) is 3.03. The average molecular weight is 411 g/mol. The number of methoxy groups -OCH3 is 1. The van der Waals surface area contributed by atoms with E-state index in [-0.39, 0.29) is 5.41 Å². The first kappa shape index (κ1) is 21.0. The highest BCUT2D eigenvalue weighted by molar-refractivity contribution is 7.99. The quantitative estimate of drug-likeness (QED) is 0.457. The minimum absolute atomic E-state index is 0.212. The van der Waals surface area contributed by atoms with E-state index in [1.807, 2.05) is 22.8 Å². The fraction of sp³-hybridized carbons (Fsp3) is 0.381. The lowest BCUT2D eigenvalue weighted by Crippen LogP contribution is -2.29. The van der Waals surface area contributed by atoms with Crippen LogP contribution >= 0.6 is 11.8 Å². The van der Waals surface area contributed by atoms with Gasteiger partial charge in [-0.25, -0.2) is 15.0 Å². The van der Waals surface area contributed by atoms with Gasteiger partial charge in [0.25, 0.3) is 0 Å². The van der Waals surface area contributed by atoms with E-state index in [2.05, 4.69) is 42.0 Å². The van der Waals surface area contributed by atoms with Crippen molar-refractivity contribution in [3.63, 3.8) is 0 Å². The summed E-state index contributed by atoms with van der Waals surface area (Å²) in [7, 11) is 1.63. The highest BCUT2D eigenvalue weighted by atomic mass is 32.2. The fourth-order valence-corrected chi connectivity index (χ4v) is 3.83. The van der Waals surface area contributed by atoms with E-state index in [1.165, 1.54) is 18.1 Å². The summed E-state index contributed by atoms with van der Waals surface area (Å²) in [4.78, 5) is 14.1. The Morgan fingerprint density at radius 2 is 2.10 bits per heavy atom. The molecule has 0 aliphatic carbocycles. The zero-order valence-corrected chi connectivity index (χ0v) is 18.0. The number of nitrogens with two attached hydrogens (primary N) is 1. The van der Waals surface area contributed by atoms with Gasteiger partial charge in [0.1, 0.15) is 12.1 Å². The molecule has 2 aromatic heterocycles. The highest BCUT2D eigenvalue weighted by Crippen LogP contribution is 2.34. The summed E-state index contributed by atoms with van der Waals surface area (Å²) in [5.74, 6) is 3.82. The van der Waals surface area contributed by atoms with Gasteiger partial charge in [0, 0.05) is 30.1 Å². The maximum atomic E-state index is 6.04. The molecule has 0 unspecified atom stereocenters. The summed E-state index contributed by atoms with van der Waals surface area (Å²) in [5.41, 5.74) is 8.33. The van der Waals surface area contributed by atoms with Crippen LogP contribution < -0.4 is 15.8 Å². The molecule has 0 radical (unpaired) electrons. The molecule has 3 rings (SSSR count). The molecule has 0 fully saturated rings. The summed E-state index contributed by atoms with van der Waals surface area (Å²) < 4.78 is 7.40. The van der Waals surface area contributed by atoms with Crippen LogP contribution in [-0.4, -0.2) is 39.7 Å². The molecule has 3 N–H and O–H groups in total. The molecule has 8 heteroatoms. The number of fused-ring (bicyclic) bond motifs is 1. The molecule has 29 heavy (non-hydrogen) atoms. The Hall–Kier alpha value is -2.76. The van der Waals surface area contributed by atoms with Gasteiger partial charge in [0.15, 0.2) is 22.1 Å². The van der Waals surface area contributed by atoms with Gasteiger partial charge in [-0.15, -0.1) is 6.42 Å².